The summed E-state index contributed by atoms with van der Waals surface area (Å²) in [4.78, 5) is 13.2. The first kappa shape index (κ1) is 14.3. The smallest absolute Gasteiger partial charge is 0.269 e. The highest BCUT2D eigenvalue weighted by Gasteiger charge is 2.16. The number of carbonyl (C=O) groups is 1. The Morgan fingerprint density at radius 3 is 2.36 bits per heavy atom. The van der Waals surface area contributed by atoms with Gasteiger partial charge in [-0.15, -0.1) is 10.2 Å². The number of rotatable bonds is 3. The van der Waals surface area contributed by atoms with Crippen LogP contribution in [0.15, 0.2) is 48.0 Å². The molecule has 0 spiro atoms. The van der Waals surface area contributed by atoms with E-state index in [0.29, 0.717) is 0 Å². The van der Waals surface area contributed by atoms with Gasteiger partial charge in [0.25, 0.3) is 5.91 Å². The second kappa shape index (κ2) is 6.39. The number of benzene rings is 1. The molecule has 0 radical (unpaired) electrons. The van der Waals surface area contributed by atoms with Gasteiger partial charge in [0.05, 0.1) is 0 Å². The van der Waals surface area contributed by atoms with Crippen LogP contribution in [0.4, 0.5) is 5.82 Å². The first-order valence-corrected chi connectivity index (χ1v) is 7.35. The number of hydrogen-bond donors (Lipinski definition) is 1. The fourth-order valence-corrected chi connectivity index (χ4v) is 2.58. The molecule has 1 aliphatic heterocycles. The number of primary amides is 1. The molecule has 1 fully saturated rings. The Bertz CT molecular complexity index is 670. The summed E-state index contributed by atoms with van der Waals surface area (Å²) < 4.78 is 0. The van der Waals surface area contributed by atoms with Crippen LogP contribution in [-0.2, 0) is 0 Å². The van der Waals surface area contributed by atoms with Crippen LogP contribution in [0.5, 0.6) is 0 Å². The van der Waals surface area contributed by atoms with Crippen molar-refractivity contribution in [2.45, 2.75) is 12.8 Å². The van der Waals surface area contributed by atoms with Gasteiger partial charge in [0.2, 0.25) is 0 Å². The maximum Gasteiger partial charge on any atom is 0.269 e. The summed E-state index contributed by atoms with van der Waals surface area (Å²) in [5.41, 5.74) is 8.07. The number of anilines is 1. The number of hydrogen-bond acceptors (Lipinski definition) is 4. The van der Waals surface area contributed by atoms with E-state index in [2.05, 4.69) is 45.4 Å². The van der Waals surface area contributed by atoms with Crippen LogP contribution < -0.4 is 10.6 Å². The predicted octanol–water partition coefficient (Wildman–Crippen LogP) is 2.26. The molecule has 2 N–H and O–H groups in total. The molecular weight excluding hydrogens is 276 g/mol. The quantitative estimate of drug-likeness (QED) is 0.942. The van der Waals surface area contributed by atoms with Crippen molar-refractivity contribution in [1.82, 2.24) is 10.2 Å². The van der Waals surface area contributed by atoms with Crippen LogP contribution in [0.3, 0.4) is 0 Å². The van der Waals surface area contributed by atoms with Crippen molar-refractivity contribution in [1.29, 1.82) is 0 Å². The molecule has 1 aromatic heterocycles. The molecule has 1 aromatic carbocycles. The summed E-state index contributed by atoms with van der Waals surface area (Å²) >= 11 is 0. The molecule has 2 heterocycles. The number of nitrogens with two attached hydrogens (primary N) is 1. The molecular formula is C17H18N4O. The minimum atomic E-state index is -0.550. The summed E-state index contributed by atoms with van der Waals surface area (Å²) in [6.07, 6.45) is 4.28. The summed E-state index contributed by atoms with van der Waals surface area (Å²) in [6, 6.07) is 13.8. The van der Waals surface area contributed by atoms with Gasteiger partial charge in [0, 0.05) is 13.1 Å². The van der Waals surface area contributed by atoms with Gasteiger partial charge < -0.3 is 10.6 Å². The molecule has 5 heteroatoms. The van der Waals surface area contributed by atoms with Gasteiger partial charge in [0.1, 0.15) is 0 Å². The average molecular weight is 294 g/mol. The van der Waals surface area contributed by atoms with Gasteiger partial charge in [-0.3, -0.25) is 4.79 Å². The topological polar surface area (TPSA) is 72.1 Å². The molecule has 0 saturated carbocycles. The Labute approximate surface area is 129 Å². The molecule has 22 heavy (non-hydrogen) atoms. The van der Waals surface area contributed by atoms with E-state index < -0.39 is 5.91 Å². The highest BCUT2D eigenvalue weighted by atomic mass is 16.1. The highest BCUT2D eigenvalue weighted by molar-refractivity contribution is 5.90. The summed E-state index contributed by atoms with van der Waals surface area (Å²) in [7, 11) is 0. The predicted molar refractivity (Wildman–Crippen MR) is 86.4 cm³/mol. The third-order valence-corrected chi connectivity index (χ3v) is 3.80. The van der Waals surface area contributed by atoms with Crippen molar-refractivity contribution in [3.05, 3.63) is 59.3 Å². The number of amides is 1. The van der Waals surface area contributed by atoms with E-state index in [1.54, 1.807) is 12.1 Å². The highest BCUT2D eigenvalue weighted by Crippen LogP contribution is 2.22. The van der Waals surface area contributed by atoms with Gasteiger partial charge in [-0.2, -0.15) is 0 Å². The largest absolute Gasteiger partial charge is 0.364 e. The van der Waals surface area contributed by atoms with Gasteiger partial charge in [-0.1, -0.05) is 42.0 Å². The Morgan fingerprint density at radius 2 is 1.77 bits per heavy atom. The number of aromatic nitrogens is 2. The van der Waals surface area contributed by atoms with E-state index in [-0.39, 0.29) is 5.69 Å². The van der Waals surface area contributed by atoms with Crippen molar-refractivity contribution in [2.24, 2.45) is 5.73 Å². The van der Waals surface area contributed by atoms with Crippen molar-refractivity contribution in [3.8, 4) is 0 Å². The van der Waals surface area contributed by atoms with Gasteiger partial charge >= 0.3 is 0 Å². The van der Waals surface area contributed by atoms with Crippen LogP contribution in [0.2, 0.25) is 0 Å². The zero-order valence-electron chi connectivity index (χ0n) is 12.3. The summed E-state index contributed by atoms with van der Waals surface area (Å²) in [5, 5.41) is 7.95. The fourth-order valence-electron chi connectivity index (χ4n) is 2.58. The van der Waals surface area contributed by atoms with E-state index in [0.717, 1.165) is 31.7 Å². The minimum absolute atomic E-state index is 0.199. The van der Waals surface area contributed by atoms with E-state index in [1.807, 2.05) is 6.07 Å². The molecule has 5 nitrogen and oxygen atoms in total. The molecule has 2 aromatic rings. The van der Waals surface area contributed by atoms with E-state index in [1.165, 1.54) is 11.1 Å². The molecule has 112 valence electrons. The van der Waals surface area contributed by atoms with Crippen LogP contribution in [0.25, 0.3) is 6.08 Å². The second-order valence-electron chi connectivity index (χ2n) is 5.34. The molecule has 1 saturated heterocycles. The zero-order valence-corrected chi connectivity index (χ0v) is 12.3. The third-order valence-electron chi connectivity index (χ3n) is 3.80. The minimum Gasteiger partial charge on any atom is -0.364 e. The fraction of sp³-hybridized carbons (Fsp3) is 0.235. The standard InChI is InChI=1S/C17H18N4O/c18-17(22)15-6-7-16(20-19-15)21-10-8-14(9-11-21)12-13-4-2-1-3-5-13/h1-7,12H,8-11H2,(H2,18,22). The SMILES string of the molecule is NC(=O)c1ccc(N2CCC(=Cc3ccccc3)CC2)nn1. The number of carbonyl (C=O) groups excluding carboxylic acids is 1. The Hall–Kier alpha value is -2.69. The van der Waals surface area contributed by atoms with Crippen molar-refractivity contribution < 1.29 is 4.79 Å². The lowest BCUT2D eigenvalue weighted by atomic mass is 10.0. The molecule has 1 amide bonds. The van der Waals surface area contributed by atoms with Gasteiger partial charge in [-0.25, -0.2) is 0 Å². The molecule has 0 unspecified atom stereocenters. The van der Waals surface area contributed by atoms with E-state index in [9.17, 15) is 4.79 Å². The lowest BCUT2D eigenvalue weighted by molar-refractivity contribution is 0.0994. The first-order valence-electron chi connectivity index (χ1n) is 7.35. The first-order chi connectivity index (χ1) is 10.7. The second-order valence-corrected chi connectivity index (χ2v) is 5.34. The third kappa shape index (κ3) is 3.31. The van der Waals surface area contributed by atoms with Gasteiger partial charge in [0.15, 0.2) is 11.5 Å². The van der Waals surface area contributed by atoms with Gasteiger partial charge in [-0.05, 0) is 30.5 Å². The van der Waals surface area contributed by atoms with Crippen LogP contribution in [-0.4, -0.2) is 29.2 Å². The number of piperidine rings is 1. The van der Waals surface area contributed by atoms with E-state index in [4.69, 9.17) is 5.73 Å². The monoisotopic (exact) mass is 294 g/mol. The Morgan fingerprint density at radius 1 is 1.05 bits per heavy atom. The molecule has 0 aliphatic carbocycles. The Kier molecular flexibility index (Phi) is 4.14. The van der Waals surface area contributed by atoms with Crippen molar-refractivity contribution >= 4 is 17.8 Å². The zero-order chi connectivity index (χ0) is 15.4. The molecule has 3 rings (SSSR count). The van der Waals surface area contributed by atoms with Crippen LogP contribution in [0.1, 0.15) is 28.9 Å². The molecule has 1 aliphatic rings. The van der Waals surface area contributed by atoms with Crippen molar-refractivity contribution in [3.63, 3.8) is 0 Å². The molecule has 0 bridgehead atoms. The lowest BCUT2D eigenvalue weighted by Gasteiger charge is -2.29. The van der Waals surface area contributed by atoms with Crippen LogP contribution >= 0.6 is 0 Å². The van der Waals surface area contributed by atoms with Crippen LogP contribution in [0, 0.1) is 0 Å². The molecule has 0 atom stereocenters. The normalized spacial score (nSPS) is 14.7. The van der Waals surface area contributed by atoms with Crippen molar-refractivity contribution in [2.75, 3.05) is 18.0 Å². The number of nitrogens with zero attached hydrogens (tertiary/aromatic N) is 3. The maximum absolute atomic E-state index is 11.0. The maximum atomic E-state index is 11.0. The average Bonchev–Trinajstić information content (AvgIpc) is 2.57. The van der Waals surface area contributed by atoms with E-state index >= 15 is 0 Å². The summed E-state index contributed by atoms with van der Waals surface area (Å²) in [5.74, 6) is 0.245. The summed E-state index contributed by atoms with van der Waals surface area (Å²) in [6.45, 7) is 1.81. The lowest BCUT2D eigenvalue weighted by Crippen LogP contribution is -2.31. The Balaban J connectivity index is 1.64.